The first-order valence-electron chi connectivity index (χ1n) is 4.62. The molecular formula is C11H20CuO2+. The van der Waals surface area contributed by atoms with E-state index in [1.807, 2.05) is 41.5 Å². The molecule has 2 nitrogen and oxygen atoms in total. The third-order valence-corrected chi connectivity index (χ3v) is 1.99. The maximum Gasteiger partial charge on any atom is 1.00 e. The molecular weight excluding hydrogens is 228 g/mol. The summed E-state index contributed by atoms with van der Waals surface area (Å²) in [6, 6.07) is 0. The van der Waals surface area contributed by atoms with Gasteiger partial charge < -0.3 is 0 Å². The molecule has 0 heterocycles. The predicted molar refractivity (Wildman–Crippen MR) is 53.5 cm³/mol. The summed E-state index contributed by atoms with van der Waals surface area (Å²) in [7, 11) is 0. The number of Topliss-reactive ketones (excluding diaryl/α,β-unsaturated/α-hetero) is 2. The second-order valence-electron chi connectivity index (χ2n) is 5.52. The van der Waals surface area contributed by atoms with Crippen LogP contribution in [0.4, 0.5) is 0 Å². The van der Waals surface area contributed by atoms with Gasteiger partial charge in [-0.3, -0.25) is 9.59 Å². The molecule has 0 unspecified atom stereocenters. The van der Waals surface area contributed by atoms with Crippen LogP contribution in [0.3, 0.4) is 0 Å². The van der Waals surface area contributed by atoms with Gasteiger partial charge >= 0.3 is 17.1 Å². The van der Waals surface area contributed by atoms with Gasteiger partial charge in [-0.25, -0.2) is 0 Å². The fraction of sp³-hybridized carbons (Fsp3) is 0.818. The van der Waals surface area contributed by atoms with E-state index in [4.69, 9.17) is 0 Å². The Hall–Kier alpha value is -0.141. The molecule has 0 aromatic rings. The van der Waals surface area contributed by atoms with Crippen LogP contribution in [0.25, 0.3) is 0 Å². The summed E-state index contributed by atoms with van der Waals surface area (Å²) in [5.74, 6) is 0.0415. The molecule has 0 radical (unpaired) electrons. The summed E-state index contributed by atoms with van der Waals surface area (Å²) in [5.41, 5.74) is -0.804. The minimum atomic E-state index is -0.402. The van der Waals surface area contributed by atoms with Crippen molar-refractivity contribution < 1.29 is 26.7 Å². The normalized spacial score (nSPS) is 11.9. The second kappa shape index (κ2) is 5.09. The van der Waals surface area contributed by atoms with E-state index in [9.17, 15) is 9.59 Å². The smallest absolute Gasteiger partial charge is 0.299 e. The summed E-state index contributed by atoms with van der Waals surface area (Å²) < 4.78 is 0. The molecule has 0 aromatic heterocycles. The van der Waals surface area contributed by atoms with Crippen LogP contribution < -0.4 is 0 Å². The van der Waals surface area contributed by atoms with Crippen LogP contribution in [0.5, 0.6) is 0 Å². The first kappa shape index (κ1) is 16.3. The summed E-state index contributed by atoms with van der Waals surface area (Å²) in [6.45, 7) is 11.0. The van der Waals surface area contributed by atoms with Gasteiger partial charge in [0.25, 0.3) is 0 Å². The Bertz CT molecular complexity index is 194. The maximum atomic E-state index is 11.5. The van der Waals surface area contributed by atoms with Gasteiger partial charge in [0, 0.05) is 10.8 Å². The van der Waals surface area contributed by atoms with Crippen LogP contribution in [0, 0.1) is 10.8 Å². The molecule has 0 rings (SSSR count). The summed E-state index contributed by atoms with van der Waals surface area (Å²) in [5, 5.41) is 0. The van der Waals surface area contributed by atoms with Crippen LogP contribution in [0.15, 0.2) is 0 Å². The molecule has 86 valence electrons. The monoisotopic (exact) mass is 247 g/mol. The Balaban J connectivity index is 0. The van der Waals surface area contributed by atoms with Gasteiger partial charge in [0.05, 0.1) is 6.42 Å². The molecule has 0 saturated carbocycles. The second-order valence-corrected chi connectivity index (χ2v) is 5.52. The molecule has 0 amide bonds. The summed E-state index contributed by atoms with van der Waals surface area (Å²) in [6.07, 6.45) is 0.0625. The average molecular weight is 248 g/mol. The van der Waals surface area contributed by atoms with E-state index in [2.05, 4.69) is 0 Å². The van der Waals surface area contributed by atoms with Gasteiger partial charge in [-0.2, -0.15) is 0 Å². The predicted octanol–water partition coefficient (Wildman–Crippen LogP) is 2.60. The van der Waals surface area contributed by atoms with E-state index < -0.39 is 10.8 Å². The van der Waals surface area contributed by atoms with Crippen LogP contribution in [0.1, 0.15) is 48.0 Å². The topological polar surface area (TPSA) is 34.1 Å². The Morgan fingerprint density at radius 3 is 1.14 bits per heavy atom. The SMILES string of the molecule is CC(C)(C)C(=O)CC(=O)C(C)(C)C.[Cu+]. The molecule has 0 aromatic carbocycles. The fourth-order valence-electron chi connectivity index (χ4n) is 0.676. The van der Waals surface area contributed by atoms with Crippen LogP contribution in [-0.4, -0.2) is 11.6 Å². The zero-order valence-electron chi connectivity index (χ0n) is 9.83. The number of hydrogen-bond acceptors (Lipinski definition) is 2. The molecule has 0 atom stereocenters. The van der Waals surface area contributed by atoms with Gasteiger partial charge in [-0.15, -0.1) is 0 Å². The molecule has 0 saturated heterocycles. The molecule has 0 N–H and O–H groups in total. The first-order chi connectivity index (χ1) is 5.55. The molecule has 0 spiro atoms. The Morgan fingerprint density at radius 2 is 1.00 bits per heavy atom. The third-order valence-electron chi connectivity index (χ3n) is 1.99. The number of rotatable bonds is 2. The minimum absolute atomic E-state index is 0. The number of hydrogen-bond donors (Lipinski definition) is 0. The van der Waals surface area contributed by atoms with E-state index in [1.54, 1.807) is 0 Å². The molecule has 0 aliphatic heterocycles. The molecule has 0 aliphatic rings. The van der Waals surface area contributed by atoms with E-state index in [-0.39, 0.29) is 35.1 Å². The van der Waals surface area contributed by atoms with Crippen molar-refractivity contribution in [3.05, 3.63) is 0 Å². The van der Waals surface area contributed by atoms with E-state index >= 15 is 0 Å². The number of ketones is 2. The van der Waals surface area contributed by atoms with E-state index in [1.165, 1.54) is 0 Å². The third kappa shape index (κ3) is 5.56. The van der Waals surface area contributed by atoms with Crippen LogP contribution >= 0.6 is 0 Å². The van der Waals surface area contributed by atoms with Gasteiger partial charge in [0.15, 0.2) is 0 Å². The fourth-order valence-corrected chi connectivity index (χ4v) is 0.676. The largest absolute Gasteiger partial charge is 1.00 e. The summed E-state index contributed by atoms with van der Waals surface area (Å²) >= 11 is 0. The Kier molecular flexibility index (Phi) is 5.92. The van der Waals surface area contributed by atoms with Crippen molar-refractivity contribution in [2.45, 2.75) is 48.0 Å². The number of carbonyl (C=O) groups is 2. The zero-order valence-corrected chi connectivity index (χ0v) is 10.8. The zero-order chi connectivity index (χ0) is 10.9. The van der Waals surface area contributed by atoms with Gasteiger partial charge in [-0.1, -0.05) is 41.5 Å². The van der Waals surface area contributed by atoms with Crippen molar-refractivity contribution >= 4 is 11.6 Å². The van der Waals surface area contributed by atoms with Gasteiger partial charge in [-0.05, 0) is 0 Å². The van der Waals surface area contributed by atoms with E-state index in [0.29, 0.717) is 0 Å². The first-order valence-corrected chi connectivity index (χ1v) is 4.62. The van der Waals surface area contributed by atoms with Crippen LogP contribution in [0.2, 0.25) is 0 Å². The quantitative estimate of drug-likeness (QED) is 0.555. The van der Waals surface area contributed by atoms with Crippen molar-refractivity contribution in [2.24, 2.45) is 10.8 Å². The minimum Gasteiger partial charge on any atom is -0.299 e. The molecule has 0 fully saturated rings. The van der Waals surface area contributed by atoms with Gasteiger partial charge in [0.2, 0.25) is 0 Å². The maximum absolute atomic E-state index is 11.5. The van der Waals surface area contributed by atoms with Crippen molar-refractivity contribution in [3.63, 3.8) is 0 Å². The Labute approximate surface area is 97.3 Å². The standard InChI is InChI=1S/C11H20O2.Cu/c1-10(2,3)8(12)7-9(13)11(4,5)6;/h7H2,1-6H3;/q;+1. The molecule has 3 heteroatoms. The average Bonchev–Trinajstić information content (AvgIpc) is 1.82. The van der Waals surface area contributed by atoms with Crippen molar-refractivity contribution in [2.75, 3.05) is 0 Å². The Morgan fingerprint density at radius 1 is 0.786 bits per heavy atom. The molecule has 0 aliphatic carbocycles. The van der Waals surface area contributed by atoms with Crippen LogP contribution in [-0.2, 0) is 26.7 Å². The summed E-state index contributed by atoms with van der Waals surface area (Å²) in [4.78, 5) is 23.0. The molecule has 14 heavy (non-hydrogen) atoms. The van der Waals surface area contributed by atoms with Crippen molar-refractivity contribution in [1.29, 1.82) is 0 Å². The van der Waals surface area contributed by atoms with Crippen molar-refractivity contribution in [3.8, 4) is 0 Å². The molecule has 0 bridgehead atoms. The number of carbonyl (C=O) groups excluding carboxylic acids is 2. The van der Waals surface area contributed by atoms with Crippen molar-refractivity contribution in [1.82, 2.24) is 0 Å². The van der Waals surface area contributed by atoms with Gasteiger partial charge in [0.1, 0.15) is 11.6 Å². The van der Waals surface area contributed by atoms with E-state index in [0.717, 1.165) is 0 Å².